The first-order valence-electron chi connectivity index (χ1n) is 7.97. The Morgan fingerprint density at radius 1 is 0.923 bits per heavy atom. The minimum Gasteiger partial charge on any atom is -0.369 e. The molecule has 9 nitrogen and oxygen atoms in total. The highest BCUT2D eigenvalue weighted by Crippen LogP contribution is 2.33. The molecule has 0 unspecified atom stereocenters. The molecule has 0 amide bonds. The number of hydrogen-bond acceptors (Lipinski definition) is 5. The summed E-state index contributed by atoms with van der Waals surface area (Å²) in [6, 6.07) is 8.85. The molecule has 2 rings (SSSR count). The number of nitro benzene ring substituents is 2. The Morgan fingerprint density at radius 2 is 1.31 bits per heavy atom. The van der Waals surface area contributed by atoms with Crippen LogP contribution in [0.3, 0.4) is 0 Å². The van der Waals surface area contributed by atoms with Gasteiger partial charge in [0.2, 0.25) is 0 Å². The van der Waals surface area contributed by atoms with E-state index in [0.29, 0.717) is 35.3 Å². The van der Waals surface area contributed by atoms with Crippen LogP contribution in [0.25, 0.3) is 0 Å². The Hall–Kier alpha value is -3.49. The van der Waals surface area contributed by atoms with Crippen LogP contribution in [0.1, 0.15) is 25.0 Å². The second-order valence-corrected chi connectivity index (χ2v) is 5.66. The zero-order valence-corrected chi connectivity index (χ0v) is 14.4. The molecule has 0 fully saturated rings. The van der Waals surface area contributed by atoms with E-state index in [4.69, 9.17) is 11.1 Å². The Bertz CT molecular complexity index is 816. The van der Waals surface area contributed by atoms with E-state index in [-0.39, 0.29) is 11.4 Å². The van der Waals surface area contributed by atoms with Crippen LogP contribution in [-0.2, 0) is 12.8 Å². The van der Waals surface area contributed by atoms with Crippen molar-refractivity contribution in [2.45, 2.75) is 26.7 Å². The number of rotatable bonds is 6. The molecule has 0 aliphatic heterocycles. The third-order valence-corrected chi connectivity index (χ3v) is 3.92. The monoisotopic (exact) mass is 357 g/mol. The molecule has 0 saturated heterocycles. The summed E-state index contributed by atoms with van der Waals surface area (Å²) in [5, 5.41) is 30.3. The molecule has 0 atom stereocenters. The van der Waals surface area contributed by atoms with Crippen LogP contribution in [0.5, 0.6) is 0 Å². The number of aryl methyl sites for hydroxylation is 2. The summed E-state index contributed by atoms with van der Waals surface area (Å²) >= 11 is 0. The minimum absolute atomic E-state index is 0.133. The van der Waals surface area contributed by atoms with Gasteiger partial charge in [0.15, 0.2) is 5.96 Å². The number of anilines is 2. The van der Waals surface area contributed by atoms with Gasteiger partial charge in [-0.3, -0.25) is 30.5 Å². The van der Waals surface area contributed by atoms with Crippen molar-refractivity contribution in [3.63, 3.8) is 0 Å². The molecule has 0 saturated carbocycles. The number of guanidine groups is 1. The van der Waals surface area contributed by atoms with Crippen LogP contribution in [-0.4, -0.2) is 15.8 Å². The molecule has 2 aromatic carbocycles. The summed E-state index contributed by atoms with van der Waals surface area (Å²) in [4.78, 5) is 22.6. The molecular weight excluding hydrogens is 338 g/mol. The lowest BCUT2D eigenvalue weighted by Gasteiger charge is -2.23. The van der Waals surface area contributed by atoms with Crippen molar-refractivity contribution in [3.05, 3.63) is 67.8 Å². The largest absolute Gasteiger partial charge is 0.369 e. The van der Waals surface area contributed by atoms with E-state index >= 15 is 0 Å². The van der Waals surface area contributed by atoms with Crippen LogP contribution in [0.2, 0.25) is 0 Å². The molecule has 26 heavy (non-hydrogen) atoms. The third-order valence-electron chi connectivity index (χ3n) is 3.92. The van der Waals surface area contributed by atoms with Gasteiger partial charge in [0.05, 0.1) is 21.2 Å². The first kappa shape index (κ1) is 18.8. The van der Waals surface area contributed by atoms with Crippen molar-refractivity contribution >= 4 is 28.7 Å². The maximum Gasteiger partial charge on any atom is 0.271 e. The van der Waals surface area contributed by atoms with Crippen LogP contribution in [0, 0.1) is 25.6 Å². The van der Waals surface area contributed by atoms with Crippen molar-refractivity contribution in [1.82, 2.24) is 0 Å². The van der Waals surface area contributed by atoms with Gasteiger partial charge >= 0.3 is 0 Å². The van der Waals surface area contributed by atoms with E-state index in [9.17, 15) is 20.2 Å². The molecule has 2 aromatic rings. The summed E-state index contributed by atoms with van der Waals surface area (Å²) < 4.78 is 0. The molecule has 3 N–H and O–H groups in total. The normalized spacial score (nSPS) is 10.4. The van der Waals surface area contributed by atoms with E-state index in [1.165, 1.54) is 29.2 Å². The fraction of sp³-hybridized carbons (Fsp3) is 0.235. The number of benzene rings is 2. The quantitative estimate of drug-likeness (QED) is 0.350. The average Bonchev–Trinajstić information content (AvgIpc) is 2.60. The molecule has 9 heteroatoms. The van der Waals surface area contributed by atoms with Crippen molar-refractivity contribution < 1.29 is 9.85 Å². The van der Waals surface area contributed by atoms with Gasteiger partial charge in [0, 0.05) is 24.3 Å². The summed E-state index contributed by atoms with van der Waals surface area (Å²) in [5.74, 6) is -0.393. The number of non-ortho nitro benzene ring substituents is 2. The first-order chi connectivity index (χ1) is 12.3. The third kappa shape index (κ3) is 3.94. The summed E-state index contributed by atoms with van der Waals surface area (Å²) in [5.41, 5.74) is 7.45. The maximum absolute atomic E-state index is 11.2. The van der Waals surface area contributed by atoms with Gasteiger partial charge in [-0.2, -0.15) is 0 Å². The lowest BCUT2D eigenvalue weighted by molar-refractivity contribution is -0.385. The van der Waals surface area contributed by atoms with Gasteiger partial charge in [0.25, 0.3) is 11.4 Å². The zero-order valence-electron chi connectivity index (χ0n) is 14.4. The maximum atomic E-state index is 11.2. The van der Waals surface area contributed by atoms with Gasteiger partial charge in [-0.05, 0) is 36.1 Å². The first-order valence-corrected chi connectivity index (χ1v) is 7.97. The lowest BCUT2D eigenvalue weighted by atomic mass is 10.1. The number of nitrogens with one attached hydrogen (secondary N) is 1. The van der Waals surface area contributed by atoms with Crippen molar-refractivity contribution in [2.24, 2.45) is 5.73 Å². The second kappa shape index (κ2) is 7.60. The molecule has 0 radical (unpaired) electrons. The van der Waals surface area contributed by atoms with Crippen molar-refractivity contribution in [2.75, 3.05) is 4.90 Å². The predicted octanol–water partition coefficient (Wildman–Crippen LogP) is 3.66. The second-order valence-electron chi connectivity index (χ2n) is 5.66. The van der Waals surface area contributed by atoms with E-state index in [1.807, 2.05) is 13.8 Å². The van der Waals surface area contributed by atoms with Crippen LogP contribution >= 0.6 is 0 Å². The van der Waals surface area contributed by atoms with Gasteiger partial charge in [-0.25, -0.2) is 0 Å². The zero-order chi connectivity index (χ0) is 19.4. The molecule has 0 spiro atoms. The number of hydrogen-bond donors (Lipinski definition) is 2. The molecule has 0 bridgehead atoms. The Kier molecular flexibility index (Phi) is 5.51. The Morgan fingerprint density at radius 3 is 1.58 bits per heavy atom. The van der Waals surface area contributed by atoms with Gasteiger partial charge in [0.1, 0.15) is 0 Å². The lowest BCUT2D eigenvalue weighted by Crippen LogP contribution is -2.32. The van der Waals surface area contributed by atoms with Crippen molar-refractivity contribution in [1.29, 1.82) is 5.41 Å². The van der Waals surface area contributed by atoms with Crippen LogP contribution < -0.4 is 10.6 Å². The van der Waals surface area contributed by atoms with Gasteiger partial charge < -0.3 is 5.73 Å². The fourth-order valence-electron chi connectivity index (χ4n) is 2.62. The predicted molar refractivity (Wildman–Crippen MR) is 99.0 cm³/mol. The standard InChI is InChI=1S/C17H19N5O4/c1-3-11-5-13(9-15(7-11)21(23)24)20(17(18)19)14-6-12(4-2)8-16(10-14)22(25)26/h5-10H,3-4H2,1-2H3,(H3,18,19). The topological polar surface area (TPSA) is 139 Å². The Labute approximate surface area is 149 Å². The molecule has 0 aliphatic carbocycles. The molecule has 0 aliphatic rings. The molecule has 136 valence electrons. The highest BCUT2D eigenvalue weighted by molar-refractivity contribution is 6.00. The number of nitrogens with zero attached hydrogens (tertiary/aromatic N) is 3. The fourth-order valence-corrected chi connectivity index (χ4v) is 2.62. The minimum atomic E-state index is -0.522. The number of nitro groups is 2. The van der Waals surface area contributed by atoms with Gasteiger partial charge in [-0.15, -0.1) is 0 Å². The Balaban J connectivity index is 2.69. The molecule has 0 aromatic heterocycles. The number of nitrogens with two attached hydrogens (primary N) is 1. The molecular formula is C17H19N5O4. The van der Waals surface area contributed by atoms with Gasteiger partial charge in [-0.1, -0.05) is 13.8 Å². The van der Waals surface area contributed by atoms with Crippen LogP contribution in [0.4, 0.5) is 22.7 Å². The summed E-state index contributed by atoms with van der Waals surface area (Å²) in [6.07, 6.45) is 1.10. The molecule has 0 heterocycles. The van der Waals surface area contributed by atoms with E-state index < -0.39 is 15.8 Å². The van der Waals surface area contributed by atoms with E-state index in [0.717, 1.165) is 0 Å². The van der Waals surface area contributed by atoms with E-state index in [1.54, 1.807) is 12.1 Å². The highest BCUT2D eigenvalue weighted by Gasteiger charge is 2.20. The van der Waals surface area contributed by atoms with Crippen LogP contribution in [0.15, 0.2) is 36.4 Å². The SMILES string of the molecule is CCc1cc(N(C(=N)N)c2cc(CC)cc([N+](=O)[O-])c2)cc([N+](=O)[O-])c1. The highest BCUT2D eigenvalue weighted by atomic mass is 16.6. The summed E-state index contributed by atoms with van der Waals surface area (Å²) in [6.45, 7) is 3.70. The smallest absolute Gasteiger partial charge is 0.271 e. The summed E-state index contributed by atoms with van der Waals surface area (Å²) in [7, 11) is 0. The van der Waals surface area contributed by atoms with E-state index in [2.05, 4.69) is 0 Å². The van der Waals surface area contributed by atoms with Crippen molar-refractivity contribution in [3.8, 4) is 0 Å². The average molecular weight is 357 g/mol.